The Morgan fingerprint density at radius 1 is 1.03 bits per heavy atom. The molecule has 0 bridgehead atoms. The first-order chi connectivity index (χ1) is 17.5. The monoisotopic (exact) mass is 569 g/mol. The van der Waals surface area contributed by atoms with Gasteiger partial charge in [-0.2, -0.15) is 0 Å². The van der Waals surface area contributed by atoms with Crippen molar-refractivity contribution in [2.45, 2.75) is 65.5 Å². The maximum atomic E-state index is 13.5. The average molecular weight is 571 g/mol. The van der Waals surface area contributed by atoms with Crippen LogP contribution in [0.2, 0.25) is 10.0 Å². The van der Waals surface area contributed by atoms with E-state index in [-0.39, 0.29) is 48.5 Å². The molecule has 2 amide bonds. The lowest BCUT2D eigenvalue weighted by atomic mass is 10.1. The summed E-state index contributed by atoms with van der Waals surface area (Å²) in [7, 11) is -3.67. The molecule has 0 spiro atoms. The van der Waals surface area contributed by atoms with Gasteiger partial charge in [-0.3, -0.25) is 13.9 Å². The molecule has 0 aromatic heterocycles. The van der Waals surface area contributed by atoms with E-state index in [1.54, 1.807) is 11.0 Å². The van der Waals surface area contributed by atoms with Crippen LogP contribution in [0.1, 0.15) is 57.1 Å². The fourth-order valence-electron chi connectivity index (χ4n) is 3.98. The lowest BCUT2D eigenvalue weighted by Crippen LogP contribution is -2.49. The molecule has 0 aliphatic heterocycles. The largest absolute Gasteiger partial charge is 0.354 e. The summed E-state index contributed by atoms with van der Waals surface area (Å²) in [5, 5.41) is 3.55. The van der Waals surface area contributed by atoms with Gasteiger partial charge in [-0.05, 0) is 49.9 Å². The number of benzene rings is 2. The number of hydrogen-bond acceptors (Lipinski definition) is 4. The number of carbonyl (C=O) groups is 2. The molecule has 2 rings (SSSR count). The van der Waals surface area contributed by atoms with Crippen molar-refractivity contribution in [1.82, 2.24) is 10.2 Å². The third kappa shape index (κ3) is 9.51. The molecule has 0 unspecified atom stereocenters. The van der Waals surface area contributed by atoms with Crippen molar-refractivity contribution in [2.24, 2.45) is 0 Å². The van der Waals surface area contributed by atoms with Crippen molar-refractivity contribution in [1.29, 1.82) is 0 Å². The minimum Gasteiger partial charge on any atom is -0.354 e. The van der Waals surface area contributed by atoms with Crippen LogP contribution >= 0.6 is 23.2 Å². The molecule has 0 saturated heterocycles. The molecule has 37 heavy (non-hydrogen) atoms. The number of unbranched alkanes of at least 4 members (excludes halogenated alkanes) is 1. The Morgan fingerprint density at radius 2 is 1.70 bits per heavy atom. The fourth-order valence-corrected chi connectivity index (χ4v) is 5.38. The summed E-state index contributed by atoms with van der Waals surface area (Å²) < 4.78 is 26.2. The van der Waals surface area contributed by atoms with Gasteiger partial charge < -0.3 is 10.2 Å². The zero-order chi connectivity index (χ0) is 27.6. The predicted molar refractivity (Wildman–Crippen MR) is 152 cm³/mol. The number of carbonyl (C=O) groups excluding carboxylic acids is 2. The Balaban J connectivity index is 2.22. The van der Waals surface area contributed by atoms with Crippen molar-refractivity contribution in [3.8, 4) is 0 Å². The molecule has 0 heterocycles. The molecule has 0 fully saturated rings. The van der Waals surface area contributed by atoms with Crippen LogP contribution in [-0.4, -0.2) is 50.5 Å². The van der Waals surface area contributed by atoms with Gasteiger partial charge in [-0.25, -0.2) is 8.42 Å². The number of nitrogens with one attached hydrogen (secondary N) is 1. The first-order valence-corrected chi connectivity index (χ1v) is 15.1. The van der Waals surface area contributed by atoms with E-state index in [0.29, 0.717) is 18.0 Å². The number of halogens is 2. The van der Waals surface area contributed by atoms with E-state index in [0.717, 1.165) is 34.5 Å². The van der Waals surface area contributed by atoms with Crippen molar-refractivity contribution in [3.05, 3.63) is 63.6 Å². The molecule has 0 aliphatic rings. The SMILES string of the molecule is CCCCNC(=O)[C@@H](CC)N(Cc1ccc(C)cc1)C(=O)CCCN(c1cc(Cl)ccc1Cl)S(C)(=O)=O. The van der Waals surface area contributed by atoms with Crippen molar-refractivity contribution < 1.29 is 18.0 Å². The zero-order valence-electron chi connectivity index (χ0n) is 22.0. The van der Waals surface area contributed by atoms with Gasteiger partial charge in [0.15, 0.2) is 0 Å². The number of rotatable bonds is 14. The summed E-state index contributed by atoms with van der Waals surface area (Å²) in [5.41, 5.74) is 2.29. The van der Waals surface area contributed by atoms with Gasteiger partial charge in [-0.15, -0.1) is 0 Å². The molecule has 0 radical (unpaired) electrons. The third-order valence-electron chi connectivity index (χ3n) is 6.02. The molecule has 0 saturated carbocycles. The molecule has 7 nitrogen and oxygen atoms in total. The highest BCUT2D eigenvalue weighted by Crippen LogP contribution is 2.31. The van der Waals surface area contributed by atoms with Crippen molar-refractivity contribution >= 4 is 50.7 Å². The molecule has 1 atom stereocenters. The Labute approximate surface area is 231 Å². The summed E-state index contributed by atoms with van der Waals surface area (Å²) in [6, 6.07) is 11.8. The zero-order valence-corrected chi connectivity index (χ0v) is 24.3. The molecule has 0 aliphatic carbocycles. The first kappa shape index (κ1) is 30.9. The first-order valence-electron chi connectivity index (χ1n) is 12.5. The van der Waals surface area contributed by atoms with Crippen LogP contribution in [0, 0.1) is 6.92 Å². The van der Waals surface area contributed by atoms with E-state index in [1.807, 2.05) is 45.0 Å². The number of sulfonamides is 1. The quantitative estimate of drug-likeness (QED) is 0.301. The Kier molecular flexibility index (Phi) is 12.2. The number of nitrogens with zero attached hydrogens (tertiary/aromatic N) is 2. The predicted octanol–water partition coefficient (Wildman–Crippen LogP) is 5.57. The van der Waals surface area contributed by atoms with E-state index >= 15 is 0 Å². The maximum absolute atomic E-state index is 13.5. The van der Waals surface area contributed by atoms with E-state index in [9.17, 15) is 18.0 Å². The highest BCUT2D eigenvalue weighted by molar-refractivity contribution is 7.92. The summed E-state index contributed by atoms with van der Waals surface area (Å²) in [6.45, 7) is 6.81. The highest BCUT2D eigenvalue weighted by Gasteiger charge is 2.29. The summed E-state index contributed by atoms with van der Waals surface area (Å²) in [6.07, 6.45) is 3.67. The van der Waals surface area contributed by atoms with Crippen LogP contribution in [0.3, 0.4) is 0 Å². The van der Waals surface area contributed by atoms with Crippen LogP contribution in [0.25, 0.3) is 0 Å². The Bertz CT molecular complexity index is 1160. The summed E-state index contributed by atoms with van der Waals surface area (Å²) in [4.78, 5) is 28.1. The van der Waals surface area contributed by atoms with E-state index in [4.69, 9.17) is 23.2 Å². The van der Waals surface area contributed by atoms with Gasteiger partial charge in [0.25, 0.3) is 0 Å². The fraction of sp³-hybridized carbons (Fsp3) is 0.481. The molecule has 1 N–H and O–H groups in total. The molecule has 2 aromatic rings. The lowest BCUT2D eigenvalue weighted by molar-refractivity contribution is -0.141. The van der Waals surface area contributed by atoms with Crippen LogP contribution in [0.4, 0.5) is 5.69 Å². The Hall–Kier alpha value is -2.29. The van der Waals surface area contributed by atoms with Crippen LogP contribution in [-0.2, 0) is 26.2 Å². The number of hydrogen-bond donors (Lipinski definition) is 1. The smallest absolute Gasteiger partial charge is 0.242 e. The van der Waals surface area contributed by atoms with E-state index < -0.39 is 16.1 Å². The second-order valence-electron chi connectivity index (χ2n) is 9.11. The van der Waals surface area contributed by atoms with E-state index in [1.165, 1.54) is 12.1 Å². The van der Waals surface area contributed by atoms with Crippen LogP contribution in [0.15, 0.2) is 42.5 Å². The van der Waals surface area contributed by atoms with Gasteiger partial charge in [0, 0.05) is 31.1 Å². The minimum absolute atomic E-state index is 0.0441. The standard InChI is InChI=1S/C27H37Cl2N3O4S/c1-5-7-16-30-27(34)24(6-2)31(19-21-12-10-20(3)11-13-21)26(33)9-8-17-32(37(4,35)36)25-18-22(28)14-15-23(25)29/h10-15,18,24H,5-9,16-17,19H2,1-4H3,(H,30,34)/t24-/m1/s1. The highest BCUT2D eigenvalue weighted by atomic mass is 35.5. The second-order valence-corrected chi connectivity index (χ2v) is 11.9. The van der Waals surface area contributed by atoms with Crippen molar-refractivity contribution in [3.63, 3.8) is 0 Å². The molecule has 2 aromatic carbocycles. The van der Waals surface area contributed by atoms with Crippen LogP contribution < -0.4 is 9.62 Å². The average Bonchev–Trinajstić information content (AvgIpc) is 2.84. The van der Waals surface area contributed by atoms with Gasteiger partial charge in [-0.1, -0.05) is 73.3 Å². The Morgan fingerprint density at radius 3 is 2.30 bits per heavy atom. The van der Waals surface area contributed by atoms with Gasteiger partial charge in [0.1, 0.15) is 6.04 Å². The van der Waals surface area contributed by atoms with Gasteiger partial charge in [0.05, 0.1) is 17.0 Å². The van der Waals surface area contributed by atoms with Gasteiger partial charge >= 0.3 is 0 Å². The normalized spacial score (nSPS) is 12.2. The van der Waals surface area contributed by atoms with E-state index in [2.05, 4.69) is 5.32 Å². The topological polar surface area (TPSA) is 86.8 Å². The minimum atomic E-state index is -3.67. The molecular weight excluding hydrogens is 533 g/mol. The lowest BCUT2D eigenvalue weighted by Gasteiger charge is -2.31. The number of amides is 2. The van der Waals surface area contributed by atoms with Gasteiger partial charge in [0.2, 0.25) is 21.8 Å². The number of aryl methyl sites for hydroxylation is 1. The molecular formula is C27H37Cl2N3O4S. The van der Waals surface area contributed by atoms with Crippen molar-refractivity contribution in [2.75, 3.05) is 23.7 Å². The molecule has 204 valence electrons. The summed E-state index contributed by atoms with van der Waals surface area (Å²) in [5.74, 6) is -0.399. The van der Waals surface area contributed by atoms with Crippen LogP contribution in [0.5, 0.6) is 0 Å². The third-order valence-corrected chi connectivity index (χ3v) is 7.75. The summed E-state index contributed by atoms with van der Waals surface area (Å²) >= 11 is 12.3. The second kappa shape index (κ2) is 14.6. The number of anilines is 1. The molecule has 10 heteroatoms. The maximum Gasteiger partial charge on any atom is 0.242 e.